The van der Waals surface area contributed by atoms with Gasteiger partial charge in [-0.3, -0.25) is 0 Å². The molecule has 0 radical (unpaired) electrons. The molecule has 0 amide bonds. The van der Waals surface area contributed by atoms with Gasteiger partial charge in [0.25, 0.3) is 0 Å². The fraction of sp³-hybridized carbons (Fsp3) is 0.368. The van der Waals surface area contributed by atoms with Gasteiger partial charge in [0.1, 0.15) is 16.4 Å². The Morgan fingerprint density at radius 1 is 1.07 bits per heavy atom. The molecule has 1 saturated heterocycles. The van der Waals surface area contributed by atoms with Crippen LogP contribution in [0.25, 0.3) is 0 Å². The van der Waals surface area contributed by atoms with Crippen LogP contribution in [0.15, 0.2) is 47.4 Å². The molecule has 3 rings (SSSR count). The van der Waals surface area contributed by atoms with Crippen LogP contribution in [0.4, 0.5) is 0 Å². The second-order valence-corrected chi connectivity index (χ2v) is 8.09. The lowest BCUT2D eigenvalue weighted by atomic mass is 10.0. The van der Waals surface area contributed by atoms with Crippen LogP contribution in [0.2, 0.25) is 0 Å². The first-order valence-electron chi connectivity index (χ1n) is 8.49. The first-order valence-corrected chi connectivity index (χ1v) is 9.93. The van der Waals surface area contributed by atoms with Crippen molar-refractivity contribution < 1.29 is 17.9 Å². The average Bonchev–Trinajstić information content (AvgIpc) is 2.68. The Hall–Kier alpha value is -1.80. The van der Waals surface area contributed by atoms with Crippen LogP contribution in [0.3, 0.4) is 0 Å². The van der Waals surface area contributed by atoms with Crippen molar-refractivity contribution in [1.29, 1.82) is 0 Å². The highest BCUT2D eigenvalue weighted by Crippen LogP contribution is 2.36. The molecule has 0 bridgehead atoms. The van der Waals surface area contributed by atoms with Gasteiger partial charge in [0.05, 0.1) is 20.3 Å². The van der Waals surface area contributed by atoms with E-state index in [2.05, 4.69) is 5.32 Å². The Morgan fingerprint density at radius 3 is 2.48 bits per heavy atom. The number of hydrogen-bond donors (Lipinski definition) is 1. The Morgan fingerprint density at radius 2 is 1.78 bits per heavy atom. The van der Waals surface area contributed by atoms with E-state index < -0.39 is 10.0 Å². The summed E-state index contributed by atoms with van der Waals surface area (Å²) in [6.07, 6.45) is 0. The molecule has 6 nitrogen and oxygen atoms in total. The predicted octanol–water partition coefficient (Wildman–Crippen LogP) is 2.77. The fourth-order valence-corrected chi connectivity index (χ4v) is 5.14. The van der Waals surface area contributed by atoms with E-state index in [1.54, 1.807) is 23.5 Å². The number of benzene rings is 2. The molecule has 1 aliphatic rings. The van der Waals surface area contributed by atoms with E-state index >= 15 is 0 Å². The van der Waals surface area contributed by atoms with Crippen LogP contribution in [-0.4, -0.2) is 46.6 Å². The van der Waals surface area contributed by atoms with Gasteiger partial charge in [-0.25, -0.2) is 8.42 Å². The molecule has 148 valence electrons. The van der Waals surface area contributed by atoms with E-state index in [4.69, 9.17) is 9.47 Å². The molecule has 8 heteroatoms. The number of halogens is 1. The Labute approximate surface area is 166 Å². The van der Waals surface area contributed by atoms with Crippen molar-refractivity contribution in [2.24, 2.45) is 0 Å². The summed E-state index contributed by atoms with van der Waals surface area (Å²) < 4.78 is 39.3. The normalized spacial score (nSPS) is 17.8. The van der Waals surface area contributed by atoms with Gasteiger partial charge < -0.3 is 14.8 Å². The minimum Gasteiger partial charge on any atom is -0.496 e. The second-order valence-electron chi connectivity index (χ2n) is 6.23. The number of methoxy groups -OCH3 is 2. The van der Waals surface area contributed by atoms with Gasteiger partial charge in [0, 0.05) is 25.2 Å². The zero-order valence-electron chi connectivity index (χ0n) is 15.6. The van der Waals surface area contributed by atoms with Gasteiger partial charge in [-0.05, 0) is 30.7 Å². The van der Waals surface area contributed by atoms with Crippen molar-refractivity contribution in [2.75, 3.05) is 33.9 Å². The Bertz CT molecular complexity index is 889. The standard InChI is InChI=1S/C19H24N2O4S.ClH/c1-14-8-9-18(25-3)19(12-14)26(22,23)21-11-10-20-13-16(21)15-6-4-5-7-17(15)24-2;/h4-9,12,16,20H,10-11,13H2,1-3H3;1H. The van der Waals surface area contributed by atoms with Crippen LogP contribution in [0, 0.1) is 6.92 Å². The smallest absolute Gasteiger partial charge is 0.247 e. The lowest BCUT2D eigenvalue weighted by molar-refractivity contribution is 0.263. The van der Waals surface area contributed by atoms with E-state index in [-0.39, 0.29) is 23.3 Å². The number of nitrogens with zero attached hydrogens (tertiary/aromatic N) is 1. The summed E-state index contributed by atoms with van der Waals surface area (Å²) in [5.41, 5.74) is 1.71. The molecule has 1 unspecified atom stereocenters. The van der Waals surface area contributed by atoms with Crippen LogP contribution in [0.5, 0.6) is 11.5 Å². The van der Waals surface area contributed by atoms with Gasteiger partial charge in [0.15, 0.2) is 0 Å². The molecular formula is C19H25ClN2O4S. The minimum absolute atomic E-state index is 0. The van der Waals surface area contributed by atoms with Crippen molar-refractivity contribution in [3.8, 4) is 11.5 Å². The zero-order chi connectivity index (χ0) is 18.7. The van der Waals surface area contributed by atoms with E-state index in [1.807, 2.05) is 37.3 Å². The molecule has 2 aromatic rings. The molecule has 1 heterocycles. The highest BCUT2D eigenvalue weighted by Gasteiger charge is 2.37. The highest BCUT2D eigenvalue weighted by atomic mass is 35.5. The third-order valence-electron chi connectivity index (χ3n) is 4.60. The molecule has 0 spiro atoms. The maximum atomic E-state index is 13.5. The molecule has 0 saturated carbocycles. The molecule has 27 heavy (non-hydrogen) atoms. The van der Waals surface area contributed by atoms with E-state index in [0.29, 0.717) is 31.1 Å². The molecule has 1 aliphatic heterocycles. The SMILES string of the molecule is COc1ccccc1C1CNCCN1S(=O)(=O)c1cc(C)ccc1OC.Cl. The number of sulfonamides is 1. The number of rotatable bonds is 5. The van der Waals surface area contributed by atoms with Gasteiger partial charge in [-0.15, -0.1) is 12.4 Å². The first kappa shape index (κ1) is 21.5. The van der Waals surface area contributed by atoms with Gasteiger partial charge in [-0.2, -0.15) is 4.31 Å². The largest absolute Gasteiger partial charge is 0.496 e. The number of ether oxygens (including phenoxy) is 2. The molecule has 0 aliphatic carbocycles. The van der Waals surface area contributed by atoms with E-state index in [1.165, 1.54) is 7.11 Å². The predicted molar refractivity (Wildman–Crippen MR) is 107 cm³/mol. The molecule has 2 aromatic carbocycles. The summed E-state index contributed by atoms with van der Waals surface area (Å²) in [5, 5.41) is 3.29. The van der Waals surface area contributed by atoms with Crippen molar-refractivity contribution >= 4 is 22.4 Å². The van der Waals surface area contributed by atoms with Crippen LogP contribution < -0.4 is 14.8 Å². The van der Waals surface area contributed by atoms with Gasteiger partial charge in [-0.1, -0.05) is 24.3 Å². The van der Waals surface area contributed by atoms with Crippen molar-refractivity contribution in [2.45, 2.75) is 17.9 Å². The number of aryl methyl sites for hydroxylation is 1. The summed E-state index contributed by atoms with van der Waals surface area (Å²) in [5.74, 6) is 1.03. The molecule has 1 fully saturated rings. The number of piperazine rings is 1. The Kier molecular flexibility index (Phi) is 7.11. The third kappa shape index (κ3) is 4.21. The van der Waals surface area contributed by atoms with Crippen LogP contribution >= 0.6 is 12.4 Å². The fourth-order valence-electron chi connectivity index (χ4n) is 3.29. The van der Waals surface area contributed by atoms with Crippen molar-refractivity contribution in [3.63, 3.8) is 0 Å². The zero-order valence-corrected chi connectivity index (χ0v) is 17.3. The van der Waals surface area contributed by atoms with Gasteiger partial charge in [0.2, 0.25) is 10.0 Å². The summed E-state index contributed by atoms with van der Waals surface area (Å²) in [7, 11) is -0.657. The minimum atomic E-state index is -3.74. The second kappa shape index (κ2) is 8.93. The molecule has 1 atom stereocenters. The number of nitrogens with one attached hydrogen (secondary N) is 1. The summed E-state index contributed by atoms with van der Waals surface area (Å²) in [6, 6.07) is 12.4. The molecule has 1 N–H and O–H groups in total. The highest BCUT2D eigenvalue weighted by molar-refractivity contribution is 7.89. The van der Waals surface area contributed by atoms with Gasteiger partial charge >= 0.3 is 0 Å². The van der Waals surface area contributed by atoms with Crippen molar-refractivity contribution in [1.82, 2.24) is 9.62 Å². The van der Waals surface area contributed by atoms with E-state index in [9.17, 15) is 8.42 Å². The number of para-hydroxylation sites is 1. The lowest BCUT2D eigenvalue weighted by Crippen LogP contribution is -2.48. The quantitative estimate of drug-likeness (QED) is 0.817. The molecular weight excluding hydrogens is 388 g/mol. The maximum absolute atomic E-state index is 13.5. The molecule has 0 aromatic heterocycles. The summed E-state index contributed by atoms with van der Waals surface area (Å²) >= 11 is 0. The number of hydrogen-bond acceptors (Lipinski definition) is 5. The maximum Gasteiger partial charge on any atom is 0.247 e. The van der Waals surface area contributed by atoms with Crippen LogP contribution in [0.1, 0.15) is 17.2 Å². The Balaban J connectivity index is 0.00000261. The third-order valence-corrected chi connectivity index (χ3v) is 6.53. The summed E-state index contributed by atoms with van der Waals surface area (Å²) in [4.78, 5) is 0.196. The summed E-state index contributed by atoms with van der Waals surface area (Å²) in [6.45, 7) is 3.36. The lowest BCUT2D eigenvalue weighted by Gasteiger charge is -2.36. The van der Waals surface area contributed by atoms with Crippen LogP contribution in [-0.2, 0) is 10.0 Å². The monoisotopic (exact) mass is 412 g/mol. The van der Waals surface area contributed by atoms with E-state index in [0.717, 1.165) is 11.1 Å². The first-order chi connectivity index (χ1) is 12.5. The topological polar surface area (TPSA) is 67.9 Å². The average molecular weight is 413 g/mol. The van der Waals surface area contributed by atoms with Crippen molar-refractivity contribution in [3.05, 3.63) is 53.6 Å².